The number of piperidine rings is 1. The average Bonchev–Trinajstić information content (AvgIpc) is 3.31. The van der Waals surface area contributed by atoms with Gasteiger partial charge in [-0.25, -0.2) is 13.4 Å². The van der Waals surface area contributed by atoms with Crippen molar-refractivity contribution in [1.29, 1.82) is 0 Å². The lowest BCUT2D eigenvalue weighted by Crippen LogP contribution is -2.48. The molecular formula is C31H37N5O3S. The molecule has 2 fully saturated rings. The summed E-state index contributed by atoms with van der Waals surface area (Å²) >= 11 is 0. The van der Waals surface area contributed by atoms with E-state index in [1.807, 2.05) is 26.1 Å². The molecule has 0 spiro atoms. The Hall–Kier alpha value is -3.11. The summed E-state index contributed by atoms with van der Waals surface area (Å²) in [5.41, 5.74) is 6.92. The number of aryl methyl sites for hydroxylation is 2. The number of sulfone groups is 1. The number of pyridine rings is 1. The summed E-state index contributed by atoms with van der Waals surface area (Å²) in [5, 5.41) is 0. The third-order valence-corrected chi connectivity index (χ3v) is 9.49. The van der Waals surface area contributed by atoms with E-state index in [9.17, 15) is 8.42 Å². The number of hydrogen-bond acceptors (Lipinski definition) is 7. The molecule has 210 valence electrons. The molecule has 2 aromatic heterocycles. The fraction of sp³-hybridized carbons (Fsp3) is 0.419. The standard InChI is InChI=1S/C31H37N5O3S/c1-22-30-29(34(2)31(33-30)25-8-10-27(11-9-25)40(3,37)38)20-28(32-22)24-6-4-23(5-7-24)21-35-14-12-26(13-15-35)36-16-18-39-19-17-36/h4-11,20,26H,12-19,21H2,1-3H3. The molecule has 4 heterocycles. The van der Waals surface area contributed by atoms with E-state index in [4.69, 9.17) is 14.7 Å². The maximum absolute atomic E-state index is 11.9. The van der Waals surface area contributed by atoms with Crippen molar-refractivity contribution in [3.63, 3.8) is 0 Å². The zero-order chi connectivity index (χ0) is 27.9. The van der Waals surface area contributed by atoms with Crippen LogP contribution in [-0.2, 0) is 28.2 Å². The van der Waals surface area contributed by atoms with Crippen molar-refractivity contribution in [3.8, 4) is 22.6 Å². The van der Waals surface area contributed by atoms with Crippen LogP contribution >= 0.6 is 0 Å². The Kier molecular flexibility index (Phi) is 7.48. The Morgan fingerprint density at radius 1 is 0.900 bits per heavy atom. The number of benzene rings is 2. The molecule has 2 aliphatic heterocycles. The number of aromatic nitrogens is 3. The van der Waals surface area contributed by atoms with Gasteiger partial charge in [0.25, 0.3) is 0 Å². The van der Waals surface area contributed by atoms with Crippen LogP contribution in [0.3, 0.4) is 0 Å². The Balaban J connectivity index is 1.16. The van der Waals surface area contributed by atoms with Gasteiger partial charge in [-0.1, -0.05) is 24.3 Å². The molecule has 40 heavy (non-hydrogen) atoms. The van der Waals surface area contributed by atoms with E-state index < -0.39 is 9.84 Å². The lowest BCUT2D eigenvalue weighted by molar-refractivity contribution is 0.000231. The van der Waals surface area contributed by atoms with Crippen molar-refractivity contribution < 1.29 is 13.2 Å². The number of likely N-dealkylation sites (tertiary alicyclic amines) is 1. The number of fused-ring (bicyclic) bond motifs is 1. The van der Waals surface area contributed by atoms with Gasteiger partial charge in [0, 0.05) is 50.1 Å². The molecule has 0 N–H and O–H groups in total. The zero-order valence-corrected chi connectivity index (χ0v) is 24.3. The van der Waals surface area contributed by atoms with E-state index in [0.717, 1.165) is 85.3 Å². The predicted molar refractivity (Wildman–Crippen MR) is 158 cm³/mol. The highest BCUT2D eigenvalue weighted by atomic mass is 32.2. The second-order valence-electron chi connectivity index (χ2n) is 11.1. The quantitative estimate of drug-likeness (QED) is 0.348. The molecule has 0 saturated carbocycles. The number of rotatable bonds is 6. The van der Waals surface area contributed by atoms with Gasteiger partial charge in [0.05, 0.1) is 35.0 Å². The van der Waals surface area contributed by atoms with Gasteiger partial charge in [-0.3, -0.25) is 14.8 Å². The highest BCUT2D eigenvalue weighted by molar-refractivity contribution is 7.90. The summed E-state index contributed by atoms with van der Waals surface area (Å²) in [5.74, 6) is 0.782. The van der Waals surface area contributed by atoms with E-state index in [1.165, 1.54) is 24.7 Å². The highest BCUT2D eigenvalue weighted by Gasteiger charge is 2.25. The number of ether oxygens (including phenoxy) is 1. The average molecular weight is 560 g/mol. The first-order chi connectivity index (χ1) is 19.3. The summed E-state index contributed by atoms with van der Waals surface area (Å²) in [6.07, 6.45) is 3.68. The Morgan fingerprint density at radius 2 is 1.55 bits per heavy atom. The van der Waals surface area contributed by atoms with Gasteiger partial charge in [-0.15, -0.1) is 0 Å². The Morgan fingerprint density at radius 3 is 2.20 bits per heavy atom. The first-order valence-corrected chi connectivity index (χ1v) is 15.9. The Labute approximate surface area is 236 Å². The van der Waals surface area contributed by atoms with E-state index in [-0.39, 0.29) is 0 Å². The van der Waals surface area contributed by atoms with Crippen molar-refractivity contribution in [2.24, 2.45) is 7.05 Å². The molecule has 0 atom stereocenters. The normalized spacial score (nSPS) is 18.0. The van der Waals surface area contributed by atoms with Crippen molar-refractivity contribution in [2.75, 3.05) is 45.6 Å². The van der Waals surface area contributed by atoms with E-state index in [2.05, 4.69) is 44.7 Å². The number of hydrogen-bond donors (Lipinski definition) is 0. The molecule has 2 saturated heterocycles. The monoisotopic (exact) mass is 559 g/mol. The molecule has 4 aromatic rings. The molecular weight excluding hydrogens is 522 g/mol. The van der Waals surface area contributed by atoms with Gasteiger partial charge in [0.1, 0.15) is 11.3 Å². The van der Waals surface area contributed by atoms with Crippen LogP contribution in [-0.4, -0.2) is 84.4 Å². The third kappa shape index (κ3) is 5.56. The molecule has 0 aliphatic carbocycles. The molecule has 0 amide bonds. The zero-order valence-electron chi connectivity index (χ0n) is 23.5. The summed E-state index contributed by atoms with van der Waals surface area (Å²) < 4.78 is 31.3. The van der Waals surface area contributed by atoms with Gasteiger partial charge >= 0.3 is 0 Å². The van der Waals surface area contributed by atoms with Crippen LogP contribution in [0.1, 0.15) is 24.1 Å². The lowest BCUT2D eigenvalue weighted by Gasteiger charge is -2.40. The SMILES string of the molecule is Cc1nc(-c2ccc(CN3CCC(N4CCOCC4)CC3)cc2)cc2c1nc(-c1ccc(S(C)(=O)=O)cc1)n2C. The summed E-state index contributed by atoms with van der Waals surface area (Å²) in [6.45, 7) is 9.14. The van der Waals surface area contributed by atoms with E-state index in [0.29, 0.717) is 10.9 Å². The first kappa shape index (κ1) is 27.1. The molecule has 9 heteroatoms. The number of morpholine rings is 1. The van der Waals surface area contributed by atoms with Crippen LogP contribution in [0, 0.1) is 6.92 Å². The third-order valence-electron chi connectivity index (χ3n) is 8.36. The molecule has 0 bridgehead atoms. The smallest absolute Gasteiger partial charge is 0.175 e. The molecule has 0 unspecified atom stereocenters. The predicted octanol–water partition coefficient (Wildman–Crippen LogP) is 4.31. The van der Waals surface area contributed by atoms with Gasteiger partial charge in [-0.2, -0.15) is 0 Å². The van der Waals surface area contributed by atoms with E-state index in [1.54, 1.807) is 12.1 Å². The molecule has 2 aromatic carbocycles. The summed E-state index contributed by atoms with van der Waals surface area (Å²) in [4.78, 5) is 15.2. The maximum Gasteiger partial charge on any atom is 0.175 e. The van der Waals surface area contributed by atoms with Crippen LogP contribution in [0.4, 0.5) is 0 Å². The minimum atomic E-state index is -3.24. The maximum atomic E-state index is 11.9. The van der Waals surface area contributed by atoms with Crippen LogP contribution in [0.2, 0.25) is 0 Å². The largest absolute Gasteiger partial charge is 0.379 e. The molecule has 6 rings (SSSR count). The molecule has 0 radical (unpaired) electrons. The second-order valence-corrected chi connectivity index (χ2v) is 13.1. The minimum absolute atomic E-state index is 0.302. The van der Waals surface area contributed by atoms with Crippen LogP contribution < -0.4 is 0 Å². The van der Waals surface area contributed by atoms with Gasteiger partial charge < -0.3 is 9.30 Å². The van der Waals surface area contributed by atoms with Crippen LogP contribution in [0.5, 0.6) is 0 Å². The number of nitrogens with zero attached hydrogens (tertiary/aromatic N) is 5. The van der Waals surface area contributed by atoms with E-state index >= 15 is 0 Å². The summed E-state index contributed by atoms with van der Waals surface area (Å²) in [6, 6.07) is 18.5. The lowest BCUT2D eigenvalue weighted by atomic mass is 10.0. The van der Waals surface area contributed by atoms with Gasteiger partial charge in [0.15, 0.2) is 9.84 Å². The first-order valence-electron chi connectivity index (χ1n) is 14.0. The second kappa shape index (κ2) is 11.0. The topological polar surface area (TPSA) is 80.6 Å². The Bertz CT molecular complexity index is 1600. The number of imidazole rings is 1. The highest BCUT2D eigenvalue weighted by Crippen LogP contribution is 2.30. The summed E-state index contributed by atoms with van der Waals surface area (Å²) in [7, 11) is -1.25. The molecule has 2 aliphatic rings. The van der Waals surface area contributed by atoms with Gasteiger partial charge in [-0.05, 0) is 68.8 Å². The molecule has 8 nitrogen and oxygen atoms in total. The van der Waals surface area contributed by atoms with Crippen molar-refractivity contribution in [2.45, 2.75) is 37.2 Å². The van der Waals surface area contributed by atoms with Crippen LogP contribution in [0.15, 0.2) is 59.5 Å². The van der Waals surface area contributed by atoms with Crippen molar-refractivity contribution >= 4 is 20.9 Å². The van der Waals surface area contributed by atoms with Gasteiger partial charge in [0.2, 0.25) is 0 Å². The van der Waals surface area contributed by atoms with Crippen LogP contribution in [0.25, 0.3) is 33.7 Å². The van der Waals surface area contributed by atoms with Crippen molar-refractivity contribution in [3.05, 3.63) is 65.9 Å². The fourth-order valence-electron chi connectivity index (χ4n) is 6.02. The fourth-order valence-corrected chi connectivity index (χ4v) is 6.65. The van der Waals surface area contributed by atoms with Crippen molar-refractivity contribution in [1.82, 2.24) is 24.3 Å². The minimum Gasteiger partial charge on any atom is -0.379 e.